The number of rotatable bonds is 14. The topological polar surface area (TPSA) is 112 Å². The molecule has 0 fully saturated rings. The molecular formula is C33H34O8. The summed E-state index contributed by atoms with van der Waals surface area (Å²) >= 11 is 0. The lowest BCUT2D eigenvalue weighted by Gasteiger charge is -2.32. The predicted molar refractivity (Wildman–Crippen MR) is 153 cm³/mol. The molecule has 41 heavy (non-hydrogen) atoms. The molecule has 2 unspecified atom stereocenters. The van der Waals surface area contributed by atoms with Gasteiger partial charge in [-0.3, -0.25) is 0 Å². The van der Waals surface area contributed by atoms with Gasteiger partial charge in [-0.05, 0) is 59.4 Å². The molecule has 4 rings (SSSR count). The van der Waals surface area contributed by atoms with E-state index in [2.05, 4.69) is 37.4 Å². The third-order valence-electron chi connectivity index (χ3n) is 6.99. The van der Waals surface area contributed by atoms with Crippen molar-refractivity contribution < 1.29 is 38.7 Å². The van der Waals surface area contributed by atoms with Crippen molar-refractivity contribution in [3.05, 3.63) is 120 Å². The van der Waals surface area contributed by atoms with Gasteiger partial charge in [-0.2, -0.15) is 0 Å². The fourth-order valence-corrected chi connectivity index (χ4v) is 5.00. The number of hydrogen-bond acceptors (Lipinski definition) is 8. The summed E-state index contributed by atoms with van der Waals surface area (Å²) in [6.07, 6.45) is 1.97. The molecule has 1 aliphatic carbocycles. The number of benzene rings is 3. The van der Waals surface area contributed by atoms with Crippen molar-refractivity contribution in [2.75, 3.05) is 26.4 Å². The number of aliphatic hydroxyl groups excluding tert-OH is 2. The van der Waals surface area contributed by atoms with Gasteiger partial charge >= 0.3 is 11.9 Å². The standard InChI is InChI=1S/C33H34O8/c1-3-31(36)40-21-26(34)19-38-28-13-9-24(10-14-28)33(18-17-23-7-5-6-8-30(23)33)25-11-15-29(16-12-25)39-20-27(35)22-41-32(37)4-2/h3-16,26-27,34-35H,1-2,17-22H2. The van der Waals surface area contributed by atoms with Gasteiger partial charge in [0.05, 0.1) is 0 Å². The largest absolute Gasteiger partial charge is 0.491 e. The SMILES string of the molecule is C=CC(=O)OCC(O)COc1ccc(C2(c3ccc(OCC(O)COC(=O)C=C)cc3)CCc3ccccc32)cc1. The second-order valence-corrected chi connectivity index (χ2v) is 9.71. The number of ether oxygens (including phenoxy) is 4. The quantitative estimate of drug-likeness (QED) is 0.226. The maximum atomic E-state index is 11.2. The normalized spacial score (nSPS) is 17.0. The number of hydrogen-bond donors (Lipinski definition) is 2. The third kappa shape index (κ3) is 7.22. The van der Waals surface area contributed by atoms with Gasteiger partial charge in [0.2, 0.25) is 0 Å². The zero-order valence-corrected chi connectivity index (χ0v) is 22.7. The Morgan fingerprint density at radius 1 is 0.732 bits per heavy atom. The van der Waals surface area contributed by atoms with Crippen LogP contribution in [0.1, 0.15) is 28.7 Å². The summed E-state index contributed by atoms with van der Waals surface area (Å²) in [4.78, 5) is 22.4. The molecule has 0 amide bonds. The predicted octanol–water partition coefficient (Wildman–Crippen LogP) is 3.91. The summed E-state index contributed by atoms with van der Waals surface area (Å²) in [5, 5.41) is 20.1. The Morgan fingerprint density at radius 3 is 1.66 bits per heavy atom. The first-order valence-electron chi connectivity index (χ1n) is 13.3. The van der Waals surface area contributed by atoms with Crippen molar-refractivity contribution in [2.24, 2.45) is 0 Å². The molecular weight excluding hydrogens is 524 g/mol. The van der Waals surface area contributed by atoms with Crippen LogP contribution in [0.15, 0.2) is 98.1 Å². The van der Waals surface area contributed by atoms with E-state index in [-0.39, 0.29) is 31.8 Å². The van der Waals surface area contributed by atoms with Crippen molar-refractivity contribution >= 4 is 11.9 Å². The van der Waals surface area contributed by atoms with Crippen LogP contribution in [-0.2, 0) is 30.9 Å². The van der Waals surface area contributed by atoms with E-state index in [1.165, 1.54) is 11.1 Å². The number of carbonyl (C=O) groups excluding carboxylic acids is 2. The summed E-state index contributed by atoms with van der Waals surface area (Å²) < 4.78 is 21.1. The second kappa shape index (κ2) is 13.8. The summed E-state index contributed by atoms with van der Waals surface area (Å²) in [5.41, 5.74) is 4.35. The lowest BCUT2D eigenvalue weighted by Crippen LogP contribution is -2.27. The van der Waals surface area contributed by atoms with Crippen molar-refractivity contribution in [3.8, 4) is 11.5 Å². The van der Waals surface area contributed by atoms with E-state index >= 15 is 0 Å². The maximum Gasteiger partial charge on any atom is 0.330 e. The third-order valence-corrected chi connectivity index (χ3v) is 6.99. The van der Waals surface area contributed by atoms with Gasteiger partial charge in [0, 0.05) is 17.6 Å². The molecule has 1 aliphatic rings. The zero-order valence-electron chi connectivity index (χ0n) is 22.7. The van der Waals surface area contributed by atoms with Crippen LogP contribution in [0.4, 0.5) is 0 Å². The molecule has 0 spiro atoms. The Labute approximate surface area is 239 Å². The van der Waals surface area contributed by atoms with Crippen LogP contribution in [0.2, 0.25) is 0 Å². The molecule has 0 saturated heterocycles. The molecule has 2 atom stereocenters. The molecule has 3 aromatic rings. The van der Waals surface area contributed by atoms with E-state index in [9.17, 15) is 19.8 Å². The smallest absolute Gasteiger partial charge is 0.330 e. The van der Waals surface area contributed by atoms with Crippen LogP contribution in [0.25, 0.3) is 0 Å². The zero-order chi connectivity index (χ0) is 29.2. The minimum atomic E-state index is -0.962. The lowest BCUT2D eigenvalue weighted by molar-refractivity contribution is -0.142. The van der Waals surface area contributed by atoms with E-state index in [4.69, 9.17) is 18.9 Å². The van der Waals surface area contributed by atoms with Crippen LogP contribution in [0, 0.1) is 0 Å². The maximum absolute atomic E-state index is 11.2. The van der Waals surface area contributed by atoms with Crippen molar-refractivity contribution in [1.29, 1.82) is 0 Å². The number of fused-ring (bicyclic) bond motifs is 1. The fourth-order valence-electron chi connectivity index (χ4n) is 5.00. The lowest BCUT2D eigenvalue weighted by atomic mass is 9.70. The van der Waals surface area contributed by atoms with E-state index < -0.39 is 24.1 Å². The molecule has 3 aromatic carbocycles. The first-order valence-corrected chi connectivity index (χ1v) is 13.3. The van der Waals surface area contributed by atoms with E-state index in [0.29, 0.717) is 11.5 Å². The molecule has 0 saturated carbocycles. The first-order chi connectivity index (χ1) is 19.8. The number of aliphatic hydroxyl groups is 2. The Balaban J connectivity index is 1.49. The van der Waals surface area contributed by atoms with Crippen LogP contribution in [0.3, 0.4) is 0 Å². The summed E-state index contributed by atoms with van der Waals surface area (Å²) in [5.74, 6) is -0.0192. The van der Waals surface area contributed by atoms with E-state index in [1.807, 2.05) is 48.5 Å². The summed E-state index contributed by atoms with van der Waals surface area (Å²) in [7, 11) is 0. The van der Waals surface area contributed by atoms with Crippen LogP contribution in [0.5, 0.6) is 11.5 Å². The van der Waals surface area contributed by atoms with Gasteiger partial charge in [-0.15, -0.1) is 0 Å². The molecule has 0 aromatic heterocycles. The first kappa shape index (κ1) is 29.6. The highest BCUT2D eigenvalue weighted by molar-refractivity contribution is 5.81. The summed E-state index contributed by atoms with van der Waals surface area (Å²) in [6, 6.07) is 24.1. The second-order valence-electron chi connectivity index (χ2n) is 9.71. The van der Waals surface area contributed by atoms with Gasteiger partial charge in [0.15, 0.2) is 0 Å². The molecule has 0 aliphatic heterocycles. The Bertz CT molecular complexity index is 1270. The van der Waals surface area contributed by atoms with Gasteiger partial charge in [-0.25, -0.2) is 9.59 Å². The van der Waals surface area contributed by atoms with Gasteiger partial charge < -0.3 is 29.2 Å². The molecule has 8 nitrogen and oxygen atoms in total. The highest BCUT2D eigenvalue weighted by Crippen LogP contribution is 2.49. The van der Waals surface area contributed by atoms with Crippen molar-refractivity contribution in [1.82, 2.24) is 0 Å². The minimum Gasteiger partial charge on any atom is -0.491 e. The Hall–Kier alpha value is -4.40. The summed E-state index contributed by atoms with van der Waals surface area (Å²) in [6.45, 7) is 6.26. The highest BCUT2D eigenvalue weighted by atomic mass is 16.6. The molecule has 0 heterocycles. The van der Waals surface area contributed by atoms with Gasteiger partial charge in [0.25, 0.3) is 0 Å². The van der Waals surface area contributed by atoms with Crippen LogP contribution in [-0.4, -0.2) is 60.8 Å². The van der Waals surface area contributed by atoms with E-state index in [0.717, 1.165) is 36.1 Å². The van der Waals surface area contributed by atoms with Gasteiger partial charge in [-0.1, -0.05) is 61.7 Å². The number of carbonyl (C=O) groups is 2. The van der Waals surface area contributed by atoms with Crippen LogP contribution < -0.4 is 9.47 Å². The minimum absolute atomic E-state index is 0.0232. The number of aryl methyl sites for hydroxylation is 1. The van der Waals surface area contributed by atoms with Crippen LogP contribution >= 0.6 is 0 Å². The van der Waals surface area contributed by atoms with Crippen molar-refractivity contribution in [2.45, 2.75) is 30.5 Å². The Morgan fingerprint density at radius 2 is 1.20 bits per heavy atom. The van der Waals surface area contributed by atoms with E-state index in [1.54, 1.807) is 0 Å². The molecule has 0 radical (unpaired) electrons. The average Bonchev–Trinajstić information content (AvgIpc) is 3.41. The highest BCUT2D eigenvalue weighted by Gasteiger charge is 2.41. The number of esters is 2. The van der Waals surface area contributed by atoms with Crippen molar-refractivity contribution in [3.63, 3.8) is 0 Å². The average molecular weight is 559 g/mol. The fraction of sp³-hybridized carbons (Fsp3) is 0.273. The monoisotopic (exact) mass is 558 g/mol. The molecule has 2 N–H and O–H groups in total. The molecule has 8 heteroatoms. The molecule has 214 valence electrons. The Kier molecular flexibility index (Phi) is 9.95. The molecule has 0 bridgehead atoms. The van der Waals surface area contributed by atoms with Gasteiger partial charge in [0.1, 0.15) is 50.1 Å².